The molecule has 0 aliphatic carbocycles. The Bertz CT molecular complexity index is 1210. The van der Waals surface area contributed by atoms with E-state index >= 15 is 0 Å². The van der Waals surface area contributed by atoms with Gasteiger partial charge >= 0.3 is 0 Å². The smallest absolute Gasteiger partial charge is 0.263 e. The molecular weight excluding hydrogens is 422 g/mol. The van der Waals surface area contributed by atoms with Crippen LogP contribution in [-0.4, -0.2) is 72.1 Å². The molecule has 0 atom stereocenters. The van der Waals surface area contributed by atoms with Gasteiger partial charge in [-0.25, -0.2) is 4.98 Å². The molecule has 8 heteroatoms. The van der Waals surface area contributed by atoms with Gasteiger partial charge in [-0.05, 0) is 43.5 Å². The van der Waals surface area contributed by atoms with Crippen LogP contribution in [0.5, 0.6) is 0 Å². The van der Waals surface area contributed by atoms with E-state index in [1.807, 2.05) is 6.92 Å². The minimum atomic E-state index is -0.0850. The highest BCUT2D eigenvalue weighted by Gasteiger charge is 2.22. The van der Waals surface area contributed by atoms with E-state index in [2.05, 4.69) is 46.8 Å². The Morgan fingerprint density at radius 2 is 1.78 bits per heavy atom. The van der Waals surface area contributed by atoms with Crippen LogP contribution in [0.25, 0.3) is 10.2 Å². The van der Waals surface area contributed by atoms with Crippen LogP contribution in [-0.2, 0) is 6.54 Å². The van der Waals surface area contributed by atoms with Crippen LogP contribution < -0.4 is 10.5 Å². The van der Waals surface area contributed by atoms with Gasteiger partial charge in [-0.15, -0.1) is 11.3 Å². The number of aromatic nitrogens is 2. The molecule has 3 heterocycles. The van der Waals surface area contributed by atoms with Gasteiger partial charge in [0, 0.05) is 59.1 Å². The average molecular weight is 454 g/mol. The van der Waals surface area contributed by atoms with Gasteiger partial charge in [0.05, 0.1) is 16.6 Å². The summed E-state index contributed by atoms with van der Waals surface area (Å²) in [4.78, 5) is 37.6. The van der Waals surface area contributed by atoms with Crippen LogP contribution in [0.15, 0.2) is 29.3 Å². The minimum absolute atomic E-state index is 0.0597. The fraction of sp³-hybridized carbons (Fsp3) is 0.458. The van der Waals surface area contributed by atoms with E-state index in [0.29, 0.717) is 21.6 Å². The van der Waals surface area contributed by atoms with Gasteiger partial charge in [-0.1, -0.05) is 12.1 Å². The first-order chi connectivity index (χ1) is 15.3. The summed E-state index contributed by atoms with van der Waals surface area (Å²) >= 11 is 1.30. The number of benzene rings is 1. The molecule has 0 N–H and O–H groups in total. The highest BCUT2D eigenvalue weighted by molar-refractivity contribution is 7.20. The third-order valence-electron chi connectivity index (χ3n) is 6.46. The molecule has 0 spiro atoms. The van der Waals surface area contributed by atoms with E-state index < -0.39 is 0 Å². The van der Waals surface area contributed by atoms with Crippen molar-refractivity contribution in [2.75, 3.05) is 51.7 Å². The number of nitrogens with zero attached hydrogens (tertiary/aromatic N) is 5. The van der Waals surface area contributed by atoms with Crippen molar-refractivity contribution in [1.29, 1.82) is 0 Å². The average Bonchev–Trinajstić information content (AvgIpc) is 3.12. The quantitative estimate of drug-likeness (QED) is 0.595. The van der Waals surface area contributed by atoms with Gasteiger partial charge in [-0.2, -0.15) is 0 Å². The molecule has 0 saturated carbocycles. The number of carbonyl (C=O) groups is 1. The fourth-order valence-electron chi connectivity index (χ4n) is 4.27. The summed E-state index contributed by atoms with van der Waals surface area (Å²) < 4.78 is 1.68. The third-order valence-corrected chi connectivity index (χ3v) is 7.65. The molecule has 32 heavy (non-hydrogen) atoms. The van der Waals surface area contributed by atoms with E-state index in [4.69, 9.17) is 0 Å². The summed E-state index contributed by atoms with van der Waals surface area (Å²) in [6.07, 6.45) is 1.62. The summed E-state index contributed by atoms with van der Waals surface area (Å²) in [5, 5.41) is 0.572. The van der Waals surface area contributed by atoms with Crippen LogP contribution in [0, 0.1) is 20.8 Å². The number of hydrogen-bond acceptors (Lipinski definition) is 6. The molecule has 1 saturated heterocycles. The maximum Gasteiger partial charge on any atom is 0.263 e. The summed E-state index contributed by atoms with van der Waals surface area (Å²) in [6.45, 7) is 11.5. The van der Waals surface area contributed by atoms with E-state index in [-0.39, 0.29) is 11.5 Å². The molecule has 0 radical (unpaired) electrons. The lowest BCUT2D eigenvalue weighted by molar-refractivity contribution is 0.0831. The molecule has 2 aromatic heterocycles. The predicted octanol–water partition coefficient (Wildman–Crippen LogP) is 2.91. The molecule has 1 aliphatic heterocycles. The zero-order valence-corrected chi connectivity index (χ0v) is 20.3. The van der Waals surface area contributed by atoms with Crippen molar-refractivity contribution in [3.8, 4) is 0 Å². The normalized spacial score (nSPS) is 14.8. The minimum Gasteiger partial charge on any atom is -0.369 e. The monoisotopic (exact) mass is 453 g/mol. The molecule has 1 aromatic carbocycles. The molecule has 3 aromatic rings. The lowest BCUT2D eigenvalue weighted by atomic mass is 10.1. The molecule has 7 nitrogen and oxygen atoms in total. The molecule has 4 rings (SSSR count). The van der Waals surface area contributed by atoms with Crippen LogP contribution in [0.1, 0.15) is 26.4 Å². The SMILES string of the molecule is Cc1cccc(N2CCN(CCn3cnc4sc(C(=O)N(C)C)c(C)c4c3=O)CC2)c1C. The Morgan fingerprint density at radius 1 is 1.06 bits per heavy atom. The van der Waals surface area contributed by atoms with E-state index in [1.165, 1.54) is 33.1 Å². The van der Waals surface area contributed by atoms with E-state index in [9.17, 15) is 9.59 Å². The Kier molecular flexibility index (Phi) is 6.35. The standard InChI is InChI=1S/C24H31N5O2S/c1-16-7-6-8-19(17(16)2)28-12-9-27(10-13-28)11-14-29-15-25-22-20(23(29)30)18(3)21(32-22)24(31)26(4)5/h6-8,15H,9-14H2,1-5H3. The van der Waals surface area contributed by atoms with E-state index in [0.717, 1.165) is 38.3 Å². The van der Waals surface area contributed by atoms with Crippen molar-refractivity contribution in [3.05, 3.63) is 56.4 Å². The van der Waals surface area contributed by atoms with Gasteiger partial charge in [0.25, 0.3) is 11.5 Å². The number of hydrogen-bond donors (Lipinski definition) is 0. The topological polar surface area (TPSA) is 61.7 Å². The van der Waals surface area contributed by atoms with Crippen molar-refractivity contribution in [3.63, 3.8) is 0 Å². The lowest BCUT2D eigenvalue weighted by Gasteiger charge is -2.37. The second-order valence-electron chi connectivity index (χ2n) is 8.73. The van der Waals surface area contributed by atoms with Gasteiger partial charge in [0.15, 0.2) is 0 Å². The summed E-state index contributed by atoms with van der Waals surface area (Å²) in [5.41, 5.74) is 4.68. The lowest BCUT2D eigenvalue weighted by Crippen LogP contribution is -2.47. The van der Waals surface area contributed by atoms with Gasteiger partial charge in [0.2, 0.25) is 0 Å². The first kappa shape index (κ1) is 22.5. The van der Waals surface area contributed by atoms with Gasteiger partial charge < -0.3 is 9.80 Å². The molecule has 170 valence electrons. The van der Waals surface area contributed by atoms with E-state index in [1.54, 1.807) is 25.0 Å². The van der Waals surface area contributed by atoms with Crippen molar-refractivity contribution in [1.82, 2.24) is 19.4 Å². The second-order valence-corrected chi connectivity index (χ2v) is 9.73. The number of amides is 1. The molecule has 0 unspecified atom stereocenters. The Morgan fingerprint density at radius 3 is 2.47 bits per heavy atom. The largest absolute Gasteiger partial charge is 0.369 e. The zero-order valence-electron chi connectivity index (χ0n) is 19.5. The Hall–Kier alpha value is -2.71. The van der Waals surface area contributed by atoms with Crippen molar-refractivity contribution in [2.24, 2.45) is 0 Å². The number of rotatable bonds is 5. The maximum absolute atomic E-state index is 13.1. The zero-order chi connectivity index (χ0) is 23.0. The molecule has 0 bridgehead atoms. The summed E-state index contributed by atoms with van der Waals surface area (Å²) in [6, 6.07) is 6.49. The highest BCUT2D eigenvalue weighted by atomic mass is 32.1. The first-order valence-corrected chi connectivity index (χ1v) is 11.8. The summed E-state index contributed by atoms with van der Waals surface area (Å²) in [5.74, 6) is -0.0850. The number of thiophene rings is 1. The second kappa shape index (κ2) is 9.03. The Balaban J connectivity index is 1.43. The highest BCUT2D eigenvalue weighted by Crippen LogP contribution is 2.27. The van der Waals surface area contributed by atoms with Crippen LogP contribution in [0.3, 0.4) is 0 Å². The predicted molar refractivity (Wildman–Crippen MR) is 131 cm³/mol. The van der Waals surface area contributed by atoms with Crippen molar-refractivity contribution in [2.45, 2.75) is 27.3 Å². The van der Waals surface area contributed by atoms with Crippen LogP contribution in [0.4, 0.5) is 5.69 Å². The van der Waals surface area contributed by atoms with Gasteiger partial charge in [-0.3, -0.25) is 19.1 Å². The summed E-state index contributed by atoms with van der Waals surface area (Å²) in [7, 11) is 3.44. The van der Waals surface area contributed by atoms with Gasteiger partial charge in [0.1, 0.15) is 4.83 Å². The van der Waals surface area contributed by atoms with Crippen molar-refractivity contribution >= 4 is 33.1 Å². The van der Waals surface area contributed by atoms with Crippen molar-refractivity contribution < 1.29 is 4.79 Å². The number of carbonyl (C=O) groups excluding carboxylic acids is 1. The molecule has 1 aliphatic rings. The number of fused-ring (bicyclic) bond motifs is 1. The molecular formula is C24H31N5O2S. The Labute approximate surface area is 192 Å². The fourth-order valence-corrected chi connectivity index (χ4v) is 5.43. The maximum atomic E-state index is 13.1. The molecule has 1 amide bonds. The number of piperazine rings is 1. The molecule has 1 fully saturated rings. The number of aryl methyl sites for hydroxylation is 2. The first-order valence-electron chi connectivity index (χ1n) is 11.0. The van der Waals surface area contributed by atoms with Crippen LogP contribution in [0.2, 0.25) is 0 Å². The third kappa shape index (κ3) is 4.17. The number of anilines is 1. The van der Waals surface area contributed by atoms with Crippen LogP contribution >= 0.6 is 11.3 Å².